The van der Waals surface area contributed by atoms with Crippen molar-refractivity contribution in [2.75, 3.05) is 38.2 Å². The number of aromatic nitrogens is 2. The zero-order chi connectivity index (χ0) is 16.8. The van der Waals surface area contributed by atoms with Gasteiger partial charge >= 0.3 is 0 Å². The average Bonchev–Trinajstić information content (AvgIpc) is 3.30. The molecule has 0 unspecified atom stereocenters. The summed E-state index contributed by atoms with van der Waals surface area (Å²) in [5.74, 6) is -0.174. The second-order valence-corrected chi connectivity index (χ2v) is 6.21. The summed E-state index contributed by atoms with van der Waals surface area (Å²) < 4.78 is 12.3. The third-order valence-corrected chi connectivity index (χ3v) is 4.23. The molecule has 0 saturated carbocycles. The molecule has 0 aromatic carbocycles. The highest BCUT2D eigenvalue weighted by atomic mass is 16.5. The first-order valence-corrected chi connectivity index (χ1v) is 8.50. The number of ether oxygens (including phenoxy) is 2. The summed E-state index contributed by atoms with van der Waals surface area (Å²) in [5, 5.41) is 6.84. The Labute approximate surface area is 141 Å². The highest BCUT2D eigenvalue weighted by Gasteiger charge is 2.19. The van der Waals surface area contributed by atoms with Crippen molar-refractivity contribution in [2.45, 2.75) is 38.3 Å². The molecular formula is C16H24N4O4. The topological polar surface area (TPSA) is 85.7 Å². The number of amides is 2. The van der Waals surface area contributed by atoms with Gasteiger partial charge in [-0.1, -0.05) is 0 Å². The van der Waals surface area contributed by atoms with Crippen LogP contribution in [0.15, 0.2) is 12.4 Å². The average molecular weight is 336 g/mol. The van der Waals surface area contributed by atoms with E-state index in [4.69, 9.17) is 9.47 Å². The van der Waals surface area contributed by atoms with Gasteiger partial charge in [-0.25, -0.2) is 0 Å². The smallest absolute Gasteiger partial charge is 0.250 e. The molecule has 8 heteroatoms. The van der Waals surface area contributed by atoms with Crippen molar-refractivity contribution in [2.24, 2.45) is 0 Å². The standard InChI is InChI=1S/C16H24N4O4/c21-15(12-23-11-14-4-3-7-24-14)18-13-8-17-20(9-13)10-16(22)19-5-1-2-6-19/h8-9,14H,1-7,10-12H2,(H,18,21)/t14-/m1/s1. The molecule has 1 atom stereocenters. The predicted octanol–water partition coefficient (Wildman–Crippen LogP) is 0.640. The lowest BCUT2D eigenvalue weighted by Gasteiger charge is -2.14. The van der Waals surface area contributed by atoms with Crippen LogP contribution >= 0.6 is 0 Å². The predicted molar refractivity (Wildman–Crippen MR) is 86.5 cm³/mol. The molecule has 8 nitrogen and oxygen atoms in total. The molecule has 1 aromatic rings. The number of carbonyl (C=O) groups excluding carboxylic acids is 2. The molecule has 2 aliphatic rings. The van der Waals surface area contributed by atoms with E-state index in [1.54, 1.807) is 10.9 Å². The molecule has 2 aliphatic heterocycles. The van der Waals surface area contributed by atoms with E-state index < -0.39 is 0 Å². The van der Waals surface area contributed by atoms with E-state index in [9.17, 15) is 9.59 Å². The lowest BCUT2D eigenvalue weighted by molar-refractivity contribution is -0.131. The van der Waals surface area contributed by atoms with Gasteiger partial charge in [0.25, 0.3) is 0 Å². The van der Waals surface area contributed by atoms with Crippen LogP contribution in [0.4, 0.5) is 5.69 Å². The van der Waals surface area contributed by atoms with Gasteiger partial charge in [-0.05, 0) is 25.7 Å². The van der Waals surface area contributed by atoms with Crippen molar-refractivity contribution in [1.82, 2.24) is 14.7 Å². The Kier molecular flexibility index (Phi) is 5.81. The minimum atomic E-state index is -0.238. The van der Waals surface area contributed by atoms with Crippen molar-refractivity contribution >= 4 is 17.5 Å². The SMILES string of the molecule is O=C(COC[C@H]1CCCO1)Nc1cnn(CC(=O)N2CCCC2)c1. The highest BCUT2D eigenvalue weighted by molar-refractivity contribution is 5.91. The number of anilines is 1. The lowest BCUT2D eigenvalue weighted by atomic mass is 10.2. The Morgan fingerprint density at radius 2 is 2.17 bits per heavy atom. The Hall–Kier alpha value is -1.93. The van der Waals surface area contributed by atoms with Crippen molar-refractivity contribution in [3.05, 3.63) is 12.4 Å². The fraction of sp³-hybridized carbons (Fsp3) is 0.688. The molecule has 0 radical (unpaired) electrons. The largest absolute Gasteiger partial charge is 0.376 e. The van der Waals surface area contributed by atoms with Gasteiger partial charge in [0.15, 0.2) is 0 Å². The van der Waals surface area contributed by atoms with Gasteiger partial charge in [0.2, 0.25) is 11.8 Å². The first-order valence-electron chi connectivity index (χ1n) is 8.50. The van der Waals surface area contributed by atoms with Crippen LogP contribution in [0, 0.1) is 0 Å². The van der Waals surface area contributed by atoms with Crippen molar-refractivity contribution in [1.29, 1.82) is 0 Å². The van der Waals surface area contributed by atoms with Crippen LogP contribution in [0.2, 0.25) is 0 Å². The molecule has 0 bridgehead atoms. The maximum atomic E-state index is 12.1. The molecule has 3 rings (SSSR count). The number of carbonyl (C=O) groups is 2. The molecule has 3 heterocycles. The van der Waals surface area contributed by atoms with Gasteiger partial charge in [-0.3, -0.25) is 14.3 Å². The van der Waals surface area contributed by atoms with Gasteiger partial charge in [-0.2, -0.15) is 5.10 Å². The van der Waals surface area contributed by atoms with Crippen LogP contribution in [-0.4, -0.2) is 65.5 Å². The number of rotatable bonds is 7. The van der Waals surface area contributed by atoms with E-state index in [1.807, 2.05) is 4.90 Å². The lowest BCUT2D eigenvalue weighted by Crippen LogP contribution is -2.31. The molecule has 1 aromatic heterocycles. The fourth-order valence-corrected chi connectivity index (χ4v) is 2.98. The molecule has 0 aliphatic carbocycles. The van der Waals surface area contributed by atoms with Gasteiger partial charge in [0.1, 0.15) is 13.2 Å². The van der Waals surface area contributed by atoms with E-state index in [2.05, 4.69) is 10.4 Å². The second kappa shape index (κ2) is 8.25. The molecule has 24 heavy (non-hydrogen) atoms. The molecule has 0 spiro atoms. The van der Waals surface area contributed by atoms with Crippen LogP contribution in [0.25, 0.3) is 0 Å². The minimum absolute atomic E-state index is 0.0161. The van der Waals surface area contributed by atoms with E-state index in [0.717, 1.165) is 45.4 Å². The maximum absolute atomic E-state index is 12.1. The third-order valence-electron chi connectivity index (χ3n) is 4.23. The van der Waals surface area contributed by atoms with Gasteiger partial charge in [0.05, 0.1) is 24.6 Å². The van der Waals surface area contributed by atoms with Crippen molar-refractivity contribution < 1.29 is 19.1 Å². The van der Waals surface area contributed by atoms with Crippen LogP contribution < -0.4 is 5.32 Å². The third kappa shape index (κ3) is 4.78. The maximum Gasteiger partial charge on any atom is 0.250 e. The number of hydrogen-bond acceptors (Lipinski definition) is 5. The van der Waals surface area contributed by atoms with E-state index >= 15 is 0 Å². The summed E-state index contributed by atoms with van der Waals surface area (Å²) in [5.41, 5.74) is 0.565. The van der Waals surface area contributed by atoms with Crippen molar-refractivity contribution in [3.63, 3.8) is 0 Å². The summed E-state index contributed by atoms with van der Waals surface area (Å²) in [7, 11) is 0. The highest BCUT2D eigenvalue weighted by Crippen LogP contribution is 2.12. The normalized spacial score (nSPS) is 20.5. The first kappa shape index (κ1) is 16.9. The van der Waals surface area contributed by atoms with Crippen LogP contribution in [0.1, 0.15) is 25.7 Å². The molecule has 2 saturated heterocycles. The molecule has 1 N–H and O–H groups in total. The summed E-state index contributed by atoms with van der Waals surface area (Å²) >= 11 is 0. The van der Waals surface area contributed by atoms with Gasteiger partial charge in [-0.15, -0.1) is 0 Å². The Balaban J connectivity index is 1.38. The van der Waals surface area contributed by atoms with Crippen molar-refractivity contribution in [3.8, 4) is 0 Å². The Bertz CT molecular complexity index is 562. The number of nitrogens with one attached hydrogen (secondary N) is 1. The van der Waals surface area contributed by atoms with Gasteiger partial charge in [0, 0.05) is 25.9 Å². The Morgan fingerprint density at radius 3 is 2.92 bits per heavy atom. The zero-order valence-corrected chi connectivity index (χ0v) is 13.8. The summed E-state index contributed by atoms with van der Waals surface area (Å²) in [4.78, 5) is 25.7. The molecular weight excluding hydrogens is 312 g/mol. The van der Waals surface area contributed by atoms with Crippen LogP contribution in [-0.2, 0) is 25.6 Å². The summed E-state index contributed by atoms with van der Waals surface area (Å²) in [6, 6.07) is 0. The monoisotopic (exact) mass is 336 g/mol. The van der Waals surface area contributed by atoms with Gasteiger partial charge < -0.3 is 19.7 Å². The molecule has 2 fully saturated rings. The zero-order valence-electron chi connectivity index (χ0n) is 13.8. The first-order chi connectivity index (χ1) is 11.7. The summed E-state index contributed by atoms with van der Waals surface area (Å²) in [6.45, 7) is 3.05. The van der Waals surface area contributed by atoms with E-state index in [-0.39, 0.29) is 31.1 Å². The quantitative estimate of drug-likeness (QED) is 0.790. The van der Waals surface area contributed by atoms with E-state index in [0.29, 0.717) is 12.3 Å². The fourth-order valence-electron chi connectivity index (χ4n) is 2.98. The Morgan fingerprint density at radius 1 is 1.33 bits per heavy atom. The molecule has 2 amide bonds. The van der Waals surface area contributed by atoms with Crippen LogP contribution in [0.3, 0.4) is 0 Å². The second-order valence-electron chi connectivity index (χ2n) is 6.21. The van der Waals surface area contributed by atoms with Crippen LogP contribution in [0.5, 0.6) is 0 Å². The number of hydrogen-bond donors (Lipinski definition) is 1. The molecule has 132 valence electrons. The summed E-state index contributed by atoms with van der Waals surface area (Å²) in [6.07, 6.45) is 7.48. The number of likely N-dealkylation sites (tertiary alicyclic amines) is 1. The van der Waals surface area contributed by atoms with E-state index in [1.165, 1.54) is 6.20 Å². The number of nitrogens with zero attached hydrogens (tertiary/aromatic N) is 3. The minimum Gasteiger partial charge on any atom is -0.376 e.